The Bertz CT molecular complexity index is 619. The highest BCUT2D eigenvalue weighted by Crippen LogP contribution is 2.36. The molecule has 0 amide bonds. The molecule has 1 unspecified atom stereocenters. The summed E-state index contributed by atoms with van der Waals surface area (Å²) in [5.41, 5.74) is 2.80. The smallest absolute Gasteiger partial charge is 0.135 e. The molecule has 0 bridgehead atoms. The first kappa shape index (κ1) is 15.3. The lowest BCUT2D eigenvalue weighted by Crippen LogP contribution is -2.11. The summed E-state index contributed by atoms with van der Waals surface area (Å²) in [5.74, 6) is 0.777. The van der Waals surface area contributed by atoms with Gasteiger partial charge in [0.2, 0.25) is 0 Å². The maximum Gasteiger partial charge on any atom is 0.135 e. The van der Waals surface area contributed by atoms with Crippen molar-refractivity contribution in [2.75, 3.05) is 12.4 Å². The number of hydrogen-bond acceptors (Lipinski definition) is 4. The van der Waals surface area contributed by atoms with Crippen molar-refractivity contribution in [1.29, 1.82) is 0 Å². The summed E-state index contributed by atoms with van der Waals surface area (Å²) in [6.07, 6.45) is 3.40. The first-order valence-electron chi connectivity index (χ1n) is 6.10. The molecule has 0 aliphatic rings. The molecule has 0 radical (unpaired) electrons. The largest absolute Gasteiger partial charge is 0.495 e. The standard InChI is InChI=1S/C14H15Br2N3O/c1-8-14(18-5-4-17-8)9(2)19-12-7-13(20-3)11(16)6-10(12)15/h4-7,9,19H,1-3H3. The third kappa shape index (κ3) is 3.30. The van der Waals surface area contributed by atoms with Gasteiger partial charge in [0.25, 0.3) is 0 Å². The predicted octanol–water partition coefficient (Wildman–Crippen LogP) is 4.49. The fraction of sp³-hybridized carbons (Fsp3) is 0.286. The third-order valence-corrected chi connectivity index (χ3v) is 4.22. The maximum absolute atomic E-state index is 5.32. The lowest BCUT2D eigenvalue weighted by Gasteiger charge is -2.18. The van der Waals surface area contributed by atoms with E-state index in [1.807, 2.05) is 19.1 Å². The van der Waals surface area contributed by atoms with Gasteiger partial charge in [-0.3, -0.25) is 9.97 Å². The molecule has 20 heavy (non-hydrogen) atoms. The van der Waals surface area contributed by atoms with Crippen molar-refractivity contribution in [3.8, 4) is 5.75 Å². The van der Waals surface area contributed by atoms with Crippen LogP contribution in [-0.4, -0.2) is 17.1 Å². The lowest BCUT2D eigenvalue weighted by atomic mass is 10.1. The number of nitrogens with zero attached hydrogens (tertiary/aromatic N) is 2. The van der Waals surface area contributed by atoms with Crippen LogP contribution in [0.3, 0.4) is 0 Å². The van der Waals surface area contributed by atoms with Gasteiger partial charge in [0.1, 0.15) is 5.75 Å². The van der Waals surface area contributed by atoms with Crippen LogP contribution < -0.4 is 10.1 Å². The molecule has 6 heteroatoms. The molecule has 2 aromatic rings. The van der Waals surface area contributed by atoms with Crippen molar-refractivity contribution in [3.05, 3.63) is 44.9 Å². The Morgan fingerprint density at radius 1 is 1.15 bits per heavy atom. The molecule has 1 aromatic heterocycles. The number of methoxy groups -OCH3 is 1. The van der Waals surface area contributed by atoms with Crippen molar-refractivity contribution in [2.45, 2.75) is 19.9 Å². The van der Waals surface area contributed by atoms with Crippen LogP contribution in [0.4, 0.5) is 5.69 Å². The number of nitrogens with one attached hydrogen (secondary N) is 1. The maximum atomic E-state index is 5.32. The molecule has 0 saturated heterocycles. The first-order chi connectivity index (χ1) is 9.52. The fourth-order valence-corrected chi connectivity index (χ4v) is 3.21. The Kier molecular flexibility index (Phi) is 4.99. The Hall–Kier alpha value is -1.14. The normalized spacial score (nSPS) is 12.1. The van der Waals surface area contributed by atoms with Crippen molar-refractivity contribution >= 4 is 37.5 Å². The van der Waals surface area contributed by atoms with E-state index >= 15 is 0 Å². The van der Waals surface area contributed by atoms with Gasteiger partial charge in [-0.25, -0.2) is 0 Å². The molecule has 2 rings (SSSR count). The molecule has 106 valence electrons. The zero-order valence-corrected chi connectivity index (χ0v) is 14.6. The quantitative estimate of drug-likeness (QED) is 0.821. The van der Waals surface area contributed by atoms with E-state index < -0.39 is 0 Å². The van der Waals surface area contributed by atoms with Crippen molar-refractivity contribution in [3.63, 3.8) is 0 Å². The van der Waals surface area contributed by atoms with E-state index in [4.69, 9.17) is 4.74 Å². The molecular formula is C14H15Br2N3O. The molecule has 1 N–H and O–H groups in total. The minimum absolute atomic E-state index is 0.0471. The lowest BCUT2D eigenvalue weighted by molar-refractivity contribution is 0.412. The molecule has 0 spiro atoms. The highest BCUT2D eigenvalue weighted by Gasteiger charge is 2.13. The number of aromatic nitrogens is 2. The van der Waals surface area contributed by atoms with E-state index in [1.165, 1.54) is 0 Å². The molecular weight excluding hydrogens is 386 g/mol. The van der Waals surface area contributed by atoms with Gasteiger partial charge in [0, 0.05) is 22.9 Å². The van der Waals surface area contributed by atoms with Crippen LogP contribution in [0.2, 0.25) is 0 Å². The average Bonchev–Trinajstić information content (AvgIpc) is 2.42. The Balaban J connectivity index is 2.28. The number of anilines is 1. The van der Waals surface area contributed by atoms with Gasteiger partial charge in [-0.15, -0.1) is 0 Å². The average molecular weight is 401 g/mol. The number of halogens is 2. The molecule has 0 fully saturated rings. The van der Waals surface area contributed by atoms with Crippen LogP contribution in [0.5, 0.6) is 5.75 Å². The number of aryl methyl sites for hydroxylation is 1. The van der Waals surface area contributed by atoms with Crippen molar-refractivity contribution < 1.29 is 4.74 Å². The highest BCUT2D eigenvalue weighted by molar-refractivity contribution is 9.11. The summed E-state index contributed by atoms with van der Waals surface area (Å²) in [6, 6.07) is 3.94. The topological polar surface area (TPSA) is 47.0 Å². The molecule has 0 aliphatic carbocycles. The van der Waals surface area contributed by atoms with Crippen LogP contribution in [0.1, 0.15) is 24.4 Å². The molecule has 1 atom stereocenters. The molecule has 0 aliphatic heterocycles. The molecule has 0 saturated carbocycles. The monoisotopic (exact) mass is 399 g/mol. The Morgan fingerprint density at radius 3 is 2.50 bits per heavy atom. The fourth-order valence-electron chi connectivity index (χ4n) is 1.94. The number of ether oxygens (including phenoxy) is 1. The summed E-state index contributed by atoms with van der Waals surface area (Å²) in [6.45, 7) is 4.01. The van der Waals surface area contributed by atoms with Gasteiger partial charge in [0.05, 0.1) is 34.7 Å². The predicted molar refractivity (Wildman–Crippen MR) is 87.2 cm³/mol. The van der Waals surface area contributed by atoms with E-state index in [-0.39, 0.29) is 6.04 Å². The van der Waals surface area contributed by atoms with Gasteiger partial charge in [-0.05, 0) is 51.8 Å². The van der Waals surface area contributed by atoms with Crippen LogP contribution >= 0.6 is 31.9 Å². The molecule has 1 heterocycles. The van der Waals surface area contributed by atoms with Gasteiger partial charge >= 0.3 is 0 Å². The second-order valence-corrected chi connectivity index (χ2v) is 6.07. The summed E-state index contributed by atoms with van der Waals surface area (Å²) >= 11 is 7.01. The minimum atomic E-state index is 0.0471. The Morgan fingerprint density at radius 2 is 1.85 bits per heavy atom. The summed E-state index contributed by atoms with van der Waals surface area (Å²) < 4.78 is 7.18. The van der Waals surface area contributed by atoms with Crippen LogP contribution in [0.15, 0.2) is 33.5 Å². The second-order valence-electron chi connectivity index (χ2n) is 4.36. The van der Waals surface area contributed by atoms with Gasteiger partial charge < -0.3 is 10.1 Å². The van der Waals surface area contributed by atoms with Crippen LogP contribution in [0, 0.1) is 6.92 Å². The number of benzene rings is 1. The second kappa shape index (κ2) is 6.54. The SMILES string of the molecule is COc1cc(NC(C)c2nccnc2C)c(Br)cc1Br. The van der Waals surface area contributed by atoms with Gasteiger partial charge in [0.15, 0.2) is 0 Å². The highest BCUT2D eigenvalue weighted by atomic mass is 79.9. The van der Waals surface area contributed by atoms with E-state index in [0.29, 0.717) is 0 Å². The van der Waals surface area contributed by atoms with Gasteiger partial charge in [-0.1, -0.05) is 0 Å². The van der Waals surface area contributed by atoms with Crippen LogP contribution in [-0.2, 0) is 0 Å². The molecule has 1 aromatic carbocycles. The van der Waals surface area contributed by atoms with Gasteiger partial charge in [-0.2, -0.15) is 0 Å². The number of rotatable bonds is 4. The molecule has 4 nitrogen and oxygen atoms in total. The zero-order valence-electron chi connectivity index (χ0n) is 11.4. The van der Waals surface area contributed by atoms with E-state index in [0.717, 1.165) is 31.8 Å². The van der Waals surface area contributed by atoms with E-state index in [9.17, 15) is 0 Å². The number of hydrogen-bond donors (Lipinski definition) is 1. The summed E-state index contributed by atoms with van der Waals surface area (Å²) in [7, 11) is 1.65. The minimum Gasteiger partial charge on any atom is -0.495 e. The van der Waals surface area contributed by atoms with E-state index in [1.54, 1.807) is 19.5 Å². The van der Waals surface area contributed by atoms with Crippen molar-refractivity contribution in [1.82, 2.24) is 9.97 Å². The first-order valence-corrected chi connectivity index (χ1v) is 7.68. The zero-order chi connectivity index (χ0) is 14.7. The van der Waals surface area contributed by atoms with Crippen molar-refractivity contribution in [2.24, 2.45) is 0 Å². The Labute approximate surface area is 135 Å². The summed E-state index contributed by atoms with van der Waals surface area (Å²) in [4.78, 5) is 8.65. The third-order valence-electron chi connectivity index (χ3n) is 2.94. The summed E-state index contributed by atoms with van der Waals surface area (Å²) in [5, 5.41) is 3.42. The van der Waals surface area contributed by atoms with E-state index in [2.05, 4.69) is 54.1 Å². The van der Waals surface area contributed by atoms with Crippen LogP contribution in [0.25, 0.3) is 0 Å².